The molecule has 1 unspecified atom stereocenters. The minimum atomic E-state index is 0.106. The number of likely N-dealkylation sites (tertiary alicyclic amines) is 1. The molecule has 1 aliphatic heterocycles. The number of imidazole rings is 2. The Hall–Kier alpha value is -2.63. The highest BCUT2D eigenvalue weighted by Crippen LogP contribution is 2.33. The molecule has 3 aromatic rings. The highest BCUT2D eigenvalue weighted by Gasteiger charge is 2.30. The van der Waals surface area contributed by atoms with Crippen LogP contribution in [0.25, 0.3) is 11.0 Å². The standard InChI is InChI=1S/C21H25N5O/c1-14-23-18-7-6-16(11-19(18)24-14)21(27)26-9-2-3-17(13-26)20-22-8-10-25(20)12-15-4-5-15/h6-8,10-11,15,17H,2-5,9,12-13H2,1H3,(H,23,24). The minimum absolute atomic E-state index is 0.106. The van der Waals surface area contributed by atoms with E-state index in [0.717, 1.165) is 66.6 Å². The number of benzene rings is 1. The van der Waals surface area contributed by atoms with Crippen LogP contribution >= 0.6 is 0 Å². The number of aryl methyl sites for hydroxylation is 1. The Balaban J connectivity index is 1.35. The zero-order valence-corrected chi connectivity index (χ0v) is 15.7. The average molecular weight is 363 g/mol. The number of nitrogens with zero attached hydrogens (tertiary/aromatic N) is 4. The highest BCUT2D eigenvalue weighted by molar-refractivity contribution is 5.97. The largest absolute Gasteiger partial charge is 0.342 e. The predicted octanol–water partition coefficient (Wildman–Crippen LogP) is 3.50. The molecule has 1 aromatic carbocycles. The summed E-state index contributed by atoms with van der Waals surface area (Å²) in [5.41, 5.74) is 2.56. The smallest absolute Gasteiger partial charge is 0.253 e. The van der Waals surface area contributed by atoms with Crippen molar-refractivity contribution in [3.63, 3.8) is 0 Å². The van der Waals surface area contributed by atoms with Gasteiger partial charge in [0.05, 0.1) is 11.0 Å². The van der Waals surface area contributed by atoms with Crippen molar-refractivity contribution in [2.24, 2.45) is 5.92 Å². The van der Waals surface area contributed by atoms with Gasteiger partial charge in [0.15, 0.2) is 0 Å². The fraction of sp³-hybridized carbons (Fsp3) is 0.476. The van der Waals surface area contributed by atoms with Gasteiger partial charge in [-0.25, -0.2) is 9.97 Å². The number of aromatic amines is 1. The Labute approximate surface area is 158 Å². The van der Waals surface area contributed by atoms with Crippen molar-refractivity contribution in [2.45, 2.75) is 45.1 Å². The molecule has 2 aromatic heterocycles. The van der Waals surface area contributed by atoms with E-state index in [1.54, 1.807) is 0 Å². The van der Waals surface area contributed by atoms with Crippen molar-refractivity contribution >= 4 is 16.9 Å². The van der Waals surface area contributed by atoms with Gasteiger partial charge in [0.1, 0.15) is 11.6 Å². The molecule has 6 heteroatoms. The third-order valence-electron chi connectivity index (χ3n) is 5.82. The number of carbonyl (C=O) groups excluding carboxylic acids is 1. The Bertz CT molecular complexity index is 984. The summed E-state index contributed by atoms with van der Waals surface area (Å²) in [6.07, 6.45) is 8.81. The first kappa shape index (κ1) is 16.5. The van der Waals surface area contributed by atoms with Crippen molar-refractivity contribution in [3.8, 4) is 0 Å². The second-order valence-corrected chi connectivity index (χ2v) is 8.03. The lowest BCUT2D eigenvalue weighted by Gasteiger charge is -2.32. The number of nitrogens with one attached hydrogen (secondary N) is 1. The Kier molecular flexibility index (Phi) is 3.99. The summed E-state index contributed by atoms with van der Waals surface area (Å²) in [5.74, 6) is 3.28. The van der Waals surface area contributed by atoms with Crippen LogP contribution < -0.4 is 0 Å². The average Bonchev–Trinajstić information content (AvgIpc) is 3.23. The fourth-order valence-corrected chi connectivity index (χ4v) is 4.24. The molecule has 2 fully saturated rings. The number of hydrogen-bond acceptors (Lipinski definition) is 3. The molecule has 0 radical (unpaired) electrons. The summed E-state index contributed by atoms with van der Waals surface area (Å²) in [6.45, 7) is 4.58. The Morgan fingerprint density at radius 2 is 2.19 bits per heavy atom. The van der Waals surface area contributed by atoms with Crippen LogP contribution in [0.3, 0.4) is 0 Å². The van der Waals surface area contributed by atoms with Crippen LogP contribution in [0.4, 0.5) is 0 Å². The molecule has 0 bridgehead atoms. The molecule has 5 rings (SSSR count). The Morgan fingerprint density at radius 1 is 1.30 bits per heavy atom. The summed E-state index contributed by atoms with van der Waals surface area (Å²) < 4.78 is 2.32. The van der Waals surface area contributed by atoms with Gasteiger partial charge in [-0.15, -0.1) is 0 Å². The van der Waals surface area contributed by atoms with Gasteiger partial charge in [0, 0.05) is 43.5 Å². The number of H-pyrrole nitrogens is 1. The van der Waals surface area contributed by atoms with Crippen LogP contribution in [0.5, 0.6) is 0 Å². The van der Waals surface area contributed by atoms with E-state index in [1.165, 1.54) is 12.8 Å². The number of carbonyl (C=O) groups is 1. The van der Waals surface area contributed by atoms with Crippen molar-refractivity contribution in [1.82, 2.24) is 24.4 Å². The fourth-order valence-electron chi connectivity index (χ4n) is 4.24. The molecule has 1 saturated heterocycles. The third-order valence-corrected chi connectivity index (χ3v) is 5.82. The molecule has 1 amide bonds. The maximum Gasteiger partial charge on any atom is 0.253 e. The quantitative estimate of drug-likeness (QED) is 0.771. The minimum Gasteiger partial charge on any atom is -0.342 e. The van der Waals surface area contributed by atoms with Crippen molar-refractivity contribution in [3.05, 3.63) is 47.8 Å². The molecule has 3 heterocycles. The van der Waals surface area contributed by atoms with Crippen LogP contribution in [-0.2, 0) is 6.54 Å². The van der Waals surface area contributed by atoms with E-state index >= 15 is 0 Å². The predicted molar refractivity (Wildman–Crippen MR) is 104 cm³/mol. The zero-order chi connectivity index (χ0) is 18.4. The third kappa shape index (κ3) is 3.24. The molecule has 2 aliphatic rings. The van der Waals surface area contributed by atoms with E-state index in [2.05, 4.69) is 25.7 Å². The first-order valence-electron chi connectivity index (χ1n) is 9.94. The van der Waals surface area contributed by atoms with Crippen molar-refractivity contribution < 1.29 is 4.79 Å². The maximum atomic E-state index is 13.1. The molecule has 1 aliphatic carbocycles. The van der Waals surface area contributed by atoms with Gasteiger partial charge in [-0.05, 0) is 56.7 Å². The summed E-state index contributed by atoms with van der Waals surface area (Å²) in [6, 6.07) is 5.74. The molecule has 1 N–H and O–H groups in total. The van der Waals surface area contributed by atoms with Gasteiger partial charge in [-0.2, -0.15) is 0 Å². The number of hydrogen-bond donors (Lipinski definition) is 1. The zero-order valence-electron chi connectivity index (χ0n) is 15.7. The Morgan fingerprint density at radius 3 is 3.04 bits per heavy atom. The number of aromatic nitrogens is 4. The lowest BCUT2D eigenvalue weighted by Crippen LogP contribution is -2.39. The molecule has 140 valence electrons. The van der Waals surface area contributed by atoms with Crippen LogP contribution in [0, 0.1) is 12.8 Å². The van der Waals surface area contributed by atoms with E-state index in [-0.39, 0.29) is 5.91 Å². The maximum absolute atomic E-state index is 13.1. The highest BCUT2D eigenvalue weighted by atomic mass is 16.2. The number of piperidine rings is 1. The van der Waals surface area contributed by atoms with Crippen LogP contribution in [-0.4, -0.2) is 43.4 Å². The van der Waals surface area contributed by atoms with Crippen molar-refractivity contribution in [2.75, 3.05) is 13.1 Å². The normalized spacial score (nSPS) is 20.3. The summed E-state index contributed by atoms with van der Waals surface area (Å²) >= 11 is 0. The van der Waals surface area contributed by atoms with Gasteiger partial charge in [0.2, 0.25) is 0 Å². The second kappa shape index (κ2) is 6.51. The van der Waals surface area contributed by atoms with Gasteiger partial charge in [-0.3, -0.25) is 4.79 Å². The van der Waals surface area contributed by atoms with Crippen molar-refractivity contribution in [1.29, 1.82) is 0 Å². The molecule has 1 saturated carbocycles. The van der Waals surface area contributed by atoms with E-state index in [9.17, 15) is 4.79 Å². The van der Waals surface area contributed by atoms with Crippen LogP contribution in [0.15, 0.2) is 30.6 Å². The molecule has 0 spiro atoms. The first-order valence-corrected chi connectivity index (χ1v) is 9.94. The molecule has 6 nitrogen and oxygen atoms in total. The topological polar surface area (TPSA) is 66.8 Å². The van der Waals surface area contributed by atoms with Gasteiger partial charge in [0.25, 0.3) is 5.91 Å². The molecule has 1 atom stereocenters. The second-order valence-electron chi connectivity index (χ2n) is 8.03. The number of fused-ring (bicyclic) bond motifs is 1. The molecule has 27 heavy (non-hydrogen) atoms. The summed E-state index contributed by atoms with van der Waals surface area (Å²) in [4.78, 5) is 27.4. The van der Waals surface area contributed by atoms with E-state index < -0.39 is 0 Å². The summed E-state index contributed by atoms with van der Waals surface area (Å²) in [5, 5.41) is 0. The molecular formula is C21H25N5O. The van der Waals surface area contributed by atoms with Gasteiger partial charge < -0.3 is 14.5 Å². The SMILES string of the molecule is Cc1nc2ccc(C(=O)N3CCCC(c4nccn4CC4CC4)C3)cc2[nH]1. The summed E-state index contributed by atoms with van der Waals surface area (Å²) in [7, 11) is 0. The molecular weight excluding hydrogens is 338 g/mol. The van der Waals surface area contributed by atoms with E-state index in [0.29, 0.717) is 5.92 Å². The van der Waals surface area contributed by atoms with Gasteiger partial charge >= 0.3 is 0 Å². The monoisotopic (exact) mass is 363 g/mol. The van der Waals surface area contributed by atoms with Crippen LogP contribution in [0.1, 0.15) is 53.6 Å². The van der Waals surface area contributed by atoms with E-state index in [1.807, 2.05) is 36.2 Å². The van der Waals surface area contributed by atoms with Gasteiger partial charge in [-0.1, -0.05) is 0 Å². The van der Waals surface area contributed by atoms with E-state index in [4.69, 9.17) is 0 Å². The van der Waals surface area contributed by atoms with Crippen LogP contribution in [0.2, 0.25) is 0 Å². The lowest BCUT2D eigenvalue weighted by atomic mass is 9.96. The number of rotatable bonds is 4. The lowest BCUT2D eigenvalue weighted by molar-refractivity contribution is 0.0703. The first-order chi connectivity index (χ1) is 13.2. The number of amides is 1.